The minimum Gasteiger partial charge on any atom is -0.508 e. The first-order valence-electron chi connectivity index (χ1n) is 6.84. The van der Waals surface area contributed by atoms with E-state index in [2.05, 4.69) is 12.1 Å². The first-order valence-corrected chi connectivity index (χ1v) is 6.84. The van der Waals surface area contributed by atoms with Crippen LogP contribution < -0.4 is 4.74 Å². The van der Waals surface area contributed by atoms with E-state index in [1.807, 2.05) is 18.2 Å². The van der Waals surface area contributed by atoms with Gasteiger partial charge < -0.3 is 14.9 Å². The van der Waals surface area contributed by atoms with E-state index in [9.17, 15) is 10.2 Å². The lowest BCUT2D eigenvalue weighted by atomic mass is 10.0. The molecule has 0 saturated heterocycles. The van der Waals surface area contributed by atoms with E-state index in [1.54, 1.807) is 12.1 Å². The van der Waals surface area contributed by atoms with Crippen molar-refractivity contribution in [2.45, 2.75) is 25.7 Å². The molecular formula is C17H20O3. The van der Waals surface area contributed by atoms with Crippen LogP contribution in [0.25, 0.3) is 0 Å². The van der Waals surface area contributed by atoms with E-state index in [1.165, 1.54) is 12.7 Å². The van der Waals surface area contributed by atoms with Gasteiger partial charge in [-0.1, -0.05) is 30.3 Å². The van der Waals surface area contributed by atoms with Crippen LogP contribution in [0.1, 0.15) is 24.0 Å². The molecule has 3 heteroatoms. The number of ether oxygens (including phenoxy) is 1. The topological polar surface area (TPSA) is 49.7 Å². The Morgan fingerprint density at radius 3 is 2.30 bits per heavy atom. The SMILES string of the molecule is COc1ccc(O)c(CCCCc2ccccc2)c1O. The third-order valence-corrected chi connectivity index (χ3v) is 3.43. The van der Waals surface area contributed by atoms with E-state index in [-0.39, 0.29) is 11.5 Å². The van der Waals surface area contributed by atoms with Gasteiger partial charge >= 0.3 is 0 Å². The van der Waals surface area contributed by atoms with Gasteiger partial charge in [0.1, 0.15) is 5.75 Å². The Labute approximate surface area is 119 Å². The van der Waals surface area contributed by atoms with Crippen molar-refractivity contribution in [1.82, 2.24) is 0 Å². The zero-order valence-corrected chi connectivity index (χ0v) is 11.7. The first kappa shape index (κ1) is 14.3. The number of unbranched alkanes of at least 4 members (excludes halogenated alkanes) is 1. The number of phenols is 2. The van der Waals surface area contributed by atoms with Crippen molar-refractivity contribution in [2.24, 2.45) is 0 Å². The summed E-state index contributed by atoms with van der Waals surface area (Å²) in [5.41, 5.74) is 1.88. The first-order chi connectivity index (χ1) is 9.72. The summed E-state index contributed by atoms with van der Waals surface area (Å²) in [6.45, 7) is 0. The summed E-state index contributed by atoms with van der Waals surface area (Å²) >= 11 is 0. The number of rotatable bonds is 6. The predicted octanol–water partition coefficient (Wildman–Crippen LogP) is 3.67. The fraction of sp³-hybridized carbons (Fsp3) is 0.294. The van der Waals surface area contributed by atoms with Gasteiger partial charge in [0.25, 0.3) is 0 Å². The fourth-order valence-corrected chi connectivity index (χ4v) is 2.29. The highest BCUT2D eigenvalue weighted by atomic mass is 16.5. The van der Waals surface area contributed by atoms with Gasteiger partial charge in [0.2, 0.25) is 0 Å². The molecule has 0 heterocycles. The van der Waals surface area contributed by atoms with Crippen LogP contribution in [-0.2, 0) is 12.8 Å². The van der Waals surface area contributed by atoms with Gasteiger partial charge in [-0.05, 0) is 43.4 Å². The molecule has 2 aromatic rings. The zero-order chi connectivity index (χ0) is 14.4. The maximum absolute atomic E-state index is 10.0. The maximum atomic E-state index is 10.0. The van der Waals surface area contributed by atoms with Gasteiger partial charge in [0.05, 0.1) is 7.11 Å². The molecule has 0 aliphatic heterocycles. The molecule has 0 aromatic heterocycles. The average molecular weight is 272 g/mol. The minimum atomic E-state index is 0.0483. The normalized spacial score (nSPS) is 10.4. The van der Waals surface area contributed by atoms with Crippen molar-refractivity contribution < 1.29 is 14.9 Å². The molecule has 2 aromatic carbocycles. The number of aromatic hydroxyl groups is 2. The van der Waals surface area contributed by atoms with Gasteiger partial charge in [-0.15, -0.1) is 0 Å². The van der Waals surface area contributed by atoms with Crippen molar-refractivity contribution >= 4 is 0 Å². The van der Waals surface area contributed by atoms with Crippen LogP contribution in [0.5, 0.6) is 17.2 Å². The second-order valence-electron chi connectivity index (χ2n) is 4.81. The second kappa shape index (κ2) is 6.85. The summed E-state index contributed by atoms with van der Waals surface area (Å²) in [5, 5.41) is 19.8. The number of hydrogen-bond donors (Lipinski definition) is 2. The lowest BCUT2D eigenvalue weighted by Gasteiger charge is -2.10. The molecule has 0 spiro atoms. The quantitative estimate of drug-likeness (QED) is 0.789. The Balaban J connectivity index is 1.91. The van der Waals surface area contributed by atoms with Gasteiger partial charge in [0.15, 0.2) is 11.5 Å². The van der Waals surface area contributed by atoms with E-state index in [4.69, 9.17) is 4.74 Å². The molecule has 0 unspecified atom stereocenters. The Bertz CT molecular complexity index is 550. The van der Waals surface area contributed by atoms with Gasteiger partial charge in [-0.2, -0.15) is 0 Å². The highest BCUT2D eigenvalue weighted by Crippen LogP contribution is 2.36. The van der Waals surface area contributed by atoms with Crippen LogP contribution in [0.3, 0.4) is 0 Å². The summed E-state index contributed by atoms with van der Waals surface area (Å²) in [7, 11) is 1.51. The van der Waals surface area contributed by atoms with Crippen LogP contribution in [0.4, 0.5) is 0 Å². The molecule has 0 aliphatic carbocycles. The van der Waals surface area contributed by atoms with Crippen LogP contribution in [0.15, 0.2) is 42.5 Å². The smallest absolute Gasteiger partial charge is 0.164 e. The summed E-state index contributed by atoms with van der Waals surface area (Å²) in [5.74, 6) is 0.580. The highest BCUT2D eigenvalue weighted by Gasteiger charge is 2.12. The summed E-state index contributed by atoms with van der Waals surface area (Å²) in [6.07, 6.45) is 3.57. The molecule has 0 saturated carbocycles. The molecule has 0 atom stereocenters. The van der Waals surface area contributed by atoms with Crippen LogP contribution in [0.2, 0.25) is 0 Å². The highest BCUT2D eigenvalue weighted by molar-refractivity contribution is 5.52. The lowest BCUT2D eigenvalue weighted by molar-refractivity contribution is 0.364. The van der Waals surface area contributed by atoms with Gasteiger partial charge in [-0.3, -0.25) is 0 Å². The van der Waals surface area contributed by atoms with Crippen molar-refractivity contribution in [1.29, 1.82) is 0 Å². The molecule has 106 valence electrons. The lowest BCUT2D eigenvalue weighted by Crippen LogP contribution is -1.93. The summed E-state index contributed by atoms with van der Waals surface area (Å²) < 4.78 is 5.06. The molecule has 3 nitrogen and oxygen atoms in total. The third-order valence-electron chi connectivity index (χ3n) is 3.43. The second-order valence-corrected chi connectivity index (χ2v) is 4.81. The van der Waals surface area contributed by atoms with Crippen molar-refractivity contribution in [3.63, 3.8) is 0 Å². The largest absolute Gasteiger partial charge is 0.508 e. The molecular weight excluding hydrogens is 252 g/mol. The molecule has 2 rings (SSSR count). The fourth-order valence-electron chi connectivity index (χ4n) is 2.29. The van der Waals surface area contributed by atoms with Crippen LogP contribution >= 0.6 is 0 Å². The Morgan fingerprint density at radius 1 is 0.900 bits per heavy atom. The standard InChI is InChI=1S/C17H20O3/c1-20-16-12-11-15(18)14(17(16)19)10-6-5-9-13-7-3-2-4-8-13/h2-4,7-8,11-12,18-19H,5-6,9-10H2,1H3. The van der Waals surface area contributed by atoms with Gasteiger partial charge in [0, 0.05) is 5.56 Å². The molecule has 0 amide bonds. The number of phenolic OH excluding ortho intramolecular Hbond substituents is 2. The zero-order valence-electron chi connectivity index (χ0n) is 11.7. The van der Waals surface area contributed by atoms with Crippen molar-refractivity contribution in [3.8, 4) is 17.2 Å². The van der Waals surface area contributed by atoms with E-state index < -0.39 is 0 Å². The summed E-state index contributed by atoms with van der Waals surface area (Å²) in [6, 6.07) is 13.4. The van der Waals surface area contributed by atoms with Crippen molar-refractivity contribution in [2.75, 3.05) is 7.11 Å². The summed E-state index contributed by atoms with van der Waals surface area (Å²) in [4.78, 5) is 0. The van der Waals surface area contributed by atoms with E-state index in [0.29, 0.717) is 17.7 Å². The molecule has 0 bridgehead atoms. The molecule has 0 fully saturated rings. The monoisotopic (exact) mass is 272 g/mol. The Kier molecular flexibility index (Phi) is 4.88. The third kappa shape index (κ3) is 3.44. The Morgan fingerprint density at radius 2 is 1.60 bits per heavy atom. The van der Waals surface area contributed by atoms with Crippen LogP contribution in [0, 0.1) is 0 Å². The number of aryl methyl sites for hydroxylation is 1. The Hall–Kier alpha value is -2.16. The maximum Gasteiger partial charge on any atom is 0.164 e. The molecule has 0 radical (unpaired) electrons. The molecule has 20 heavy (non-hydrogen) atoms. The number of benzene rings is 2. The minimum absolute atomic E-state index is 0.0483. The van der Waals surface area contributed by atoms with Crippen molar-refractivity contribution in [3.05, 3.63) is 53.6 Å². The molecule has 2 N–H and O–H groups in total. The van der Waals surface area contributed by atoms with E-state index >= 15 is 0 Å². The number of hydrogen-bond acceptors (Lipinski definition) is 3. The number of methoxy groups -OCH3 is 1. The predicted molar refractivity (Wildman–Crippen MR) is 79.4 cm³/mol. The van der Waals surface area contributed by atoms with Crippen LogP contribution in [-0.4, -0.2) is 17.3 Å². The average Bonchev–Trinajstić information content (AvgIpc) is 2.47. The van der Waals surface area contributed by atoms with Gasteiger partial charge in [-0.25, -0.2) is 0 Å². The van der Waals surface area contributed by atoms with E-state index in [0.717, 1.165) is 19.3 Å². The molecule has 0 aliphatic rings.